The van der Waals surface area contributed by atoms with Crippen molar-refractivity contribution in [2.45, 2.75) is 83.3 Å². The highest BCUT2D eigenvalue weighted by atomic mass is 16.6. The Hall–Kier alpha value is -2.86. The number of carboxylic acids is 2. The van der Waals surface area contributed by atoms with Crippen LogP contribution >= 0.6 is 0 Å². The number of hydrogen-bond donors (Lipinski definition) is 4. The number of allylic oxidation sites excluding steroid dienone is 2. The van der Waals surface area contributed by atoms with Crippen LogP contribution in [-0.2, 0) is 19.2 Å². The lowest BCUT2D eigenvalue weighted by molar-refractivity contribution is -0.147. The van der Waals surface area contributed by atoms with E-state index in [1.165, 1.54) is 5.57 Å². The summed E-state index contributed by atoms with van der Waals surface area (Å²) in [4.78, 5) is 39.1. The van der Waals surface area contributed by atoms with E-state index in [2.05, 4.69) is 36.3 Å². The smallest absolute Gasteiger partial charge is 0.326 e. The number of oxime groups is 1. The molecule has 0 saturated heterocycles. The van der Waals surface area contributed by atoms with Gasteiger partial charge in [0.05, 0.1) is 12.1 Å². The topological polar surface area (TPSA) is 146 Å². The molecule has 1 amide bonds. The van der Waals surface area contributed by atoms with Crippen molar-refractivity contribution in [2.24, 2.45) is 33.7 Å². The van der Waals surface area contributed by atoms with Crippen molar-refractivity contribution in [3.8, 4) is 12.3 Å². The molecule has 9 nitrogen and oxygen atoms in total. The van der Waals surface area contributed by atoms with E-state index < -0.39 is 42.5 Å². The number of aliphatic hydroxyl groups is 1. The predicted molar refractivity (Wildman–Crippen MR) is 131 cm³/mol. The summed E-state index contributed by atoms with van der Waals surface area (Å²) >= 11 is 0. The van der Waals surface area contributed by atoms with Crippen molar-refractivity contribution in [1.82, 2.24) is 5.32 Å². The third-order valence-corrected chi connectivity index (χ3v) is 9.76. The Morgan fingerprint density at radius 2 is 1.89 bits per heavy atom. The van der Waals surface area contributed by atoms with E-state index in [1.54, 1.807) is 0 Å². The molecule has 0 radical (unpaired) electrons. The van der Waals surface area contributed by atoms with Crippen molar-refractivity contribution in [1.29, 1.82) is 0 Å². The molecule has 36 heavy (non-hydrogen) atoms. The molecule has 4 rings (SSSR count). The fraction of sp³-hybridized carbons (Fsp3) is 0.704. The molecule has 4 aliphatic carbocycles. The van der Waals surface area contributed by atoms with Crippen LogP contribution in [0.5, 0.6) is 0 Å². The highest BCUT2D eigenvalue weighted by molar-refractivity contribution is 5.96. The minimum atomic E-state index is -1.52. The summed E-state index contributed by atoms with van der Waals surface area (Å²) in [7, 11) is 0. The first-order valence-electron chi connectivity index (χ1n) is 12.8. The number of amides is 1. The second-order valence-electron chi connectivity index (χ2n) is 11.4. The molecule has 0 heterocycles. The molecule has 0 unspecified atom stereocenters. The minimum Gasteiger partial charge on any atom is -0.481 e. The van der Waals surface area contributed by atoms with Crippen LogP contribution in [-0.4, -0.2) is 57.1 Å². The number of carboxylic acid groups (broad SMARTS) is 2. The van der Waals surface area contributed by atoms with Gasteiger partial charge < -0.3 is 25.5 Å². The summed E-state index contributed by atoms with van der Waals surface area (Å²) in [6.07, 6.45) is 14.4. The highest BCUT2D eigenvalue weighted by Gasteiger charge is 2.63. The molecule has 0 spiro atoms. The normalized spacial score (nSPS) is 39.0. The summed E-state index contributed by atoms with van der Waals surface area (Å²) in [5, 5.41) is 35.2. The third-order valence-electron chi connectivity index (χ3n) is 9.76. The van der Waals surface area contributed by atoms with E-state index in [9.17, 15) is 19.5 Å². The van der Waals surface area contributed by atoms with Crippen LogP contribution in [0.25, 0.3) is 0 Å². The lowest BCUT2D eigenvalue weighted by Gasteiger charge is -2.58. The van der Waals surface area contributed by atoms with E-state index >= 15 is 0 Å². The van der Waals surface area contributed by atoms with Gasteiger partial charge in [-0.05, 0) is 80.6 Å². The Balaban J connectivity index is 1.40. The molecule has 4 N–H and O–H groups in total. The molecule has 196 valence electrons. The van der Waals surface area contributed by atoms with E-state index in [0.717, 1.165) is 44.2 Å². The van der Waals surface area contributed by atoms with Crippen LogP contribution in [0.3, 0.4) is 0 Å². The number of hydrogen-bond acceptors (Lipinski definition) is 6. The third kappa shape index (κ3) is 4.40. The number of carbonyl (C=O) groups is 3. The number of terminal acetylenes is 1. The predicted octanol–water partition coefficient (Wildman–Crippen LogP) is 2.73. The number of aliphatic carboxylic acids is 2. The van der Waals surface area contributed by atoms with Crippen LogP contribution < -0.4 is 5.32 Å². The second-order valence-corrected chi connectivity index (χ2v) is 11.4. The summed E-state index contributed by atoms with van der Waals surface area (Å²) < 4.78 is 0. The molecule has 9 heteroatoms. The summed E-state index contributed by atoms with van der Waals surface area (Å²) in [5.41, 5.74) is 0.928. The lowest BCUT2D eigenvalue weighted by atomic mass is 9.46. The number of rotatable bonds is 7. The fourth-order valence-corrected chi connectivity index (χ4v) is 7.68. The Kier molecular flexibility index (Phi) is 6.95. The minimum absolute atomic E-state index is 0.0586. The quantitative estimate of drug-likeness (QED) is 0.311. The Morgan fingerprint density at radius 3 is 2.56 bits per heavy atom. The Morgan fingerprint density at radius 1 is 1.17 bits per heavy atom. The van der Waals surface area contributed by atoms with Gasteiger partial charge >= 0.3 is 11.9 Å². The van der Waals surface area contributed by atoms with Gasteiger partial charge in [0.2, 0.25) is 0 Å². The van der Waals surface area contributed by atoms with Gasteiger partial charge in [-0.15, -0.1) is 6.42 Å². The zero-order chi connectivity index (χ0) is 26.3. The maximum atomic E-state index is 12.0. The number of nitrogens with one attached hydrogen (secondary N) is 1. The SMILES string of the molecule is C#C[C@@]1(O)CC[C@@H]2[C@@H]3CCC4=C/C(=N/OCC(=O)N[C@@H](CC(=O)O)C(=O)O)CC[C@]4(C)[C@H]3CC[C@@]21C. The number of fused-ring (bicyclic) bond motifs is 5. The maximum Gasteiger partial charge on any atom is 0.326 e. The van der Waals surface area contributed by atoms with Crippen LogP contribution in [0.15, 0.2) is 16.8 Å². The molecule has 4 aliphatic rings. The van der Waals surface area contributed by atoms with Crippen LogP contribution in [0.4, 0.5) is 0 Å². The average Bonchev–Trinajstić information content (AvgIpc) is 3.09. The van der Waals surface area contributed by atoms with Crippen LogP contribution in [0.2, 0.25) is 0 Å². The monoisotopic (exact) mass is 500 g/mol. The van der Waals surface area contributed by atoms with Gasteiger partial charge in [0.1, 0.15) is 11.6 Å². The van der Waals surface area contributed by atoms with E-state index in [-0.39, 0.29) is 10.8 Å². The molecule has 0 aromatic carbocycles. The molecule has 3 fully saturated rings. The number of carbonyl (C=O) groups excluding carboxylic acids is 1. The van der Waals surface area contributed by atoms with Crippen molar-refractivity contribution in [2.75, 3.05) is 6.61 Å². The summed E-state index contributed by atoms with van der Waals surface area (Å²) in [5.74, 6) is 0.754. The molecule has 0 aromatic rings. The second kappa shape index (κ2) is 9.55. The van der Waals surface area contributed by atoms with Crippen molar-refractivity contribution in [3.05, 3.63) is 11.6 Å². The molecular weight excluding hydrogens is 464 g/mol. The lowest BCUT2D eigenvalue weighted by Crippen LogP contribution is -2.54. The Bertz CT molecular complexity index is 1050. The van der Waals surface area contributed by atoms with E-state index in [0.29, 0.717) is 30.6 Å². The van der Waals surface area contributed by atoms with Gasteiger partial charge in [0.15, 0.2) is 6.61 Å². The van der Waals surface area contributed by atoms with E-state index in [1.807, 2.05) is 0 Å². The molecule has 7 atom stereocenters. The van der Waals surface area contributed by atoms with Crippen LogP contribution in [0, 0.1) is 40.9 Å². The van der Waals surface area contributed by atoms with Crippen molar-refractivity contribution >= 4 is 23.6 Å². The maximum absolute atomic E-state index is 12.0. The van der Waals surface area contributed by atoms with Crippen molar-refractivity contribution < 1.29 is 34.5 Å². The molecule has 0 aliphatic heterocycles. The van der Waals surface area contributed by atoms with E-state index in [4.69, 9.17) is 21.5 Å². The van der Waals surface area contributed by atoms with Crippen molar-refractivity contribution in [3.63, 3.8) is 0 Å². The van der Waals surface area contributed by atoms with Gasteiger partial charge in [-0.25, -0.2) is 4.79 Å². The first-order valence-corrected chi connectivity index (χ1v) is 12.8. The van der Waals surface area contributed by atoms with Gasteiger partial charge in [-0.2, -0.15) is 0 Å². The molecule has 0 aromatic heterocycles. The van der Waals surface area contributed by atoms with Gasteiger partial charge in [0, 0.05) is 5.41 Å². The van der Waals surface area contributed by atoms with Crippen LogP contribution in [0.1, 0.15) is 71.6 Å². The van der Waals surface area contributed by atoms with Gasteiger partial charge in [-0.3, -0.25) is 9.59 Å². The molecule has 3 saturated carbocycles. The molecular formula is C27H36N2O7. The standard InChI is InChI=1S/C27H36N2O7/c1-4-27(35)12-9-20-18-6-5-16-13-17(7-10-25(16,2)19(18)8-11-26(20,27)3)29-36-15-22(30)28-21(24(33)34)14-23(31)32/h1,13,18-21,35H,5-12,14-15H2,2-3H3,(H,28,30)(H,31,32)(H,33,34)/b29-17+/t18-,19+,20-,21+,25+,26+,27-/m1/s1. The first kappa shape index (κ1) is 26.2. The van der Waals surface area contributed by atoms with Gasteiger partial charge in [0.25, 0.3) is 5.91 Å². The van der Waals surface area contributed by atoms with Gasteiger partial charge in [-0.1, -0.05) is 30.5 Å². The largest absolute Gasteiger partial charge is 0.481 e. The fourth-order valence-electron chi connectivity index (χ4n) is 7.68. The summed E-state index contributed by atoms with van der Waals surface area (Å²) in [6.45, 7) is 4.05. The first-order chi connectivity index (χ1) is 16.9. The average molecular weight is 501 g/mol. The highest BCUT2D eigenvalue weighted by Crippen LogP contribution is 2.67. The number of nitrogens with zero attached hydrogens (tertiary/aromatic N) is 1. The zero-order valence-electron chi connectivity index (χ0n) is 21.0. The molecule has 0 bridgehead atoms. The summed E-state index contributed by atoms with van der Waals surface area (Å²) in [6, 6.07) is -1.52. The Labute approximate surface area is 211 Å². The zero-order valence-corrected chi connectivity index (χ0v) is 21.0.